The van der Waals surface area contributed by atoms with E-state index in [1.165, 1.54) is 0 Å². The van der Waals surface area contributed by atoms with Gasteiger partial charge < -0.3 is 19.5 Å². The van der Waals surface area contributed by atoms with Crippen molar-refractivity contribution in [2.24, 2.45) is 0 Å². The fraction of sp³-hybridized carbons (Fsp3) is 0.857. The molecule has 6 heteroatoms. The molecule has 20 heavy (non-hydrogen) atoms. The predicted molar refractivity (Wildman–Crippen MR) is 71.5 cm³/mol. The minimum absolute atomic E-state index is 0.351. The number of carbonyl (C=O) groups excluding carboxylic acids is 1. The molecule has 2 saturated heterocycles. The molecule has 0 unspecified atom stereocenters. The van der Waals surface area contributed by atoms with Crippen molar-refractivity contribution in [1.29, 1.82) is 0 Å². The van der Waals surface area contributed by atoms with Gasteiger partial charge in [0, 0.05) is 6.54 Å². The normalized spacial score (nSPS) is 30.6. The lowest BCUT2D eigenvalue weighted by atomic mass is 9.90. The van der Waals surface area contributed by atoms with E-state index in [4.69, 9.17) is 14.6 Å². The van der Waals surface area contributed by atoms with Crippen LogP contribution in [0.5, 0.6) is 0 Å². The Morgan fingerprint density at radius 3 is 2.65 bits per heavy atom. The van der Waals surface area contributed by atoms with Gasteiger partial charge in [-0.15, -0.1) is 0 Å². The molecule has 2 rings (SSSR count). The van der Waals surface area contributed by atoms with Gasteiger partial charge in [-0.05, 0) is 46.5 Å². The largest absolute Gasteiger partial charge is 0.479 e. The average molecular weight is 285 g/mol. The Hall–Kier alpha value is -1.30. The van der Waals surface area contributed by atoms with Crippen LogP contribution in [0.4, 0.5) is 4.79 Å². The lowest BCUT2D eigenvalue weighted by molar-refractivity contribution is -0.172. The number of likely N-dealkylation sites (tertiary alicyclic amines) is 1. The van der Waals surface area contributed by atoms with Crippen LogP contribution >= 0.6 is 0 Å². The van der Waals surface area contributed by atoms with Crippen LogP contribution in [0.25, 0.3) is 0 Å². The molecule has 0 aromatic carbocycles. The summed E-state index contributed by atoms with van der Waals surface area (Å²) in [7, 11) is 0. The second kappa shape index (κ2) is 5.24. The van der Waals surface area contributed by atoms with Gasteiger partial charge in [-0.3, -0.25) is 0 Å². The van der Waals surface area contributed by atoms with Crippen molar-refractivity contribution in [2.75, 3.05) is 13.1 Å². The molecule has 2 fully saturated rings. The minimum Gasteiger partial charge on any atom is -0.479 e. The summed E-state index contributed by atoms with van der Waals surface area (Å²) in [6.07, 6.45) is 1.74. The lowest BCUT2D eigenvalue weighted by Crippen LogP contribution is -2.46. The molecule has 1 spiro atoms. The molecule has 0 radical (unpaired) electrons. The Morgan fingerprint density at radius 1 is 1.35 bits per heavy atom. The first kappa shape index (κ1) is 15.1. The van der Waals surface area contributed by atoms with Crippen LogP contribution in [0.3, 0.4) is 0 Å². The van der Waals surface area contributed by atoms with Gasteiger partial charge in [-0.1, -0.05) is 0 Å². The quantitative estimate of drug-likeness (QED) is 0.797. The Labute approximate surface area is 119 Å². The van der Waals surface area contributed by atoms with Gasteiger partial charge in [0.15, 0.2) is 6.10 Å². The maximum absolute atomic E-state index is 12.0. The SMILES string of the molecule is CC(C)(C)OC(=O)N1CC[C@]2(CCC[C@@H](C(=O)O)O2)C1. The van der Waals surface area contributed by atoms with Crippen molar-refractivity contribution in [1.82, 2.24) is 4.90 Å². The minimum atomic E-state index is -0.917. The topological polar surface area (TPSA) is 76.1 Å². The third-order valence-electron chi connectivity index (χ3n) is 3.73. The molecule has 2 aliphatic heterocycles. The number of nitrogens with zero attached hydrogens (tertiary/aromatic N) is 1. The summed E-state index contributed by atoms with van der Waals surface area (Å²) in [5.41, 5.74) is -1.03. The summed E-state index contributed by atoms with van der Waals surface area (Å²) in [6, 6.07) is 0. The fourth-order valence-corrected chi connectivity index (χ4v) is 2.83. The first-order chi connectivity index (χ1) is 9.21. The molecule has 114 valence electrons. The second-order valence-electron chi connectivity index (χ2n) is 6.67. The smallest absolute Gasteiger partial charge is 0.410 e. The fourth-order valence-electron chi connectivity index (χ4n) is 2.83. The summed E-state index contributed by atoms with van der Waals surface area (Å²) in [5, 5.41) is 9.08. The molecule has 1 N–H and O–H groups in total. The molecule has 1 amide bonds. The lowest BCUT2D eigenvalue weighted by Gasteiger charge is -2.36. The standard InChI is InChI=1S/C14H23NO5/c1-13(2,3)20-12(18)15-8-7-14(9-15)6-4-5-10(19-14)11(16)17/h10H,4-9H2,1-3H3,(H,16,17)/t10-,14+/m0/s1. The molecule has 0 aliphatic carbocycles. The van der Waals surface area contributed by atoms with Crippen LogP contribution in [0.15, 0.2) is 0 Å². The van der Waals surface area contributed by atoms with Crippen LogP contribution in [-0.2, 0) is 14.3 Å². The average Bonchev–Trinajstić information content (AvgIpc) is 2.71. The Bertz CT molecular complexity index is 403. The highest BCUT2D eigenvalue weighted by atomic mass is 16.6. The van der Waals surface area contributed by atoms with Gasteiger partial charge in [0.05, 0.1) is 12.1 Å². The van der Waals surface area contributed by atoms with Crippen molar-refractivity contribution in [3.05, 3.63) is 0 Å². The third-order valence-corrected chi connectivity index (χ3v) is 3.73. The molecule has 6 nitrogen and oxygen atoms in total. The number of aliphatic carboxylic acids is 1. The molecule has 0 aromatic rings. The zero-order valence-corrected chi connectivity index (χ0v) is 12.3. The highest BCUT2D eigenvalue weighted by molar-refractivity contribution is 5.72. The Morgan fingerprint density at radius 2 is 2.05 bits per heavy atom. The number of rotatable bonds is 1. The van der Waals surface area contributed by atoms with E-state index in [1.54, 1.807) is 4.90 Å². The summed E-state index contributed by atoms with van der Waals surface area (Å²) >= 11 is 0. The van der Waals surface area contributed by atoms with E-state index in [0.29, 0.717) is 25.9 Å². The summed E-state index contributed by atoms with van der Waals surface area (Å²) in [5.74, 6) is -0.917. The van der Waals surface area contributed by atoms with Gasteiger partial charge in [0.2, 0.25) is 0 Å². The van der Waals surface area contributed by atoms with Crippen molar-refractivity contribution in [3.8, 4) is 0 Å². The van der Waals surface area contributed by atoms with Crippen LogP contribution in [0.1, 0.15) is 46.5 Å². The molecular formula is C14H23NO5. The van der Waals surface area contributed by atoms with Crippen molar-refractivity contribution in [3.63, 3.8) is 0 Å². The van der Waals surface area contributed by atoms with Gasteiger partial charge in [-0.2, -0.15) is 0 Å². The van der Waals surface area contributed by atoms with Gasteiger partial charge in [-0.25, -0.2) is 9.59 Å². The second-order valence-corrected chi connectivity index (χ2v) is 6.67. The molecule has 0 bridgehead atoms. The van der Waals surface area contributed by atoms with Gasteiger partial charge in [0.1, 0.15) is 5.60 Å². The van der Waals surface area contributed by atoms with Crippen LogP contribution in [0, 0.1) is 0 Å². The summed E-state index contributed by atoms with van der Waals surface area (Å²) < 4.78 is 11.1. The highest BCUT2D eigenvalue weighted by Gasteiger charge is 2.46. The molecule has 2 atom stereocenters. The third kappa shape index (κ3) is 3.42. The Kier molecular flexibility index (Phi) is 3.95. The maximum atomic E-state index is 12.0. The first-order valence-electron chi connectivity index (χ1n) is 7.09. The van der Waals surface area contributed by atoms with Crippen molar-refractivity contribution >= 4 is 12.1 Å². The number of carbonyl (C=O) groups is 2. The molecule has 0 saturated carbocycles. The zero-order chi connectivity index (χ0) is 15.0. The number of carboxylic acids is 1. The van der Waals surface area contributed by atoms with Crippen LogP contribution < -0.4 is 0 Å². The number of amides is 1. The monoisotopic (exact) mass is 285 g/mol. The molecule has 0 aromatic heterocycles. The van der Waals surface area contributed by atoms with E-state index in [0.717, 1.165) is 12.8 Å². The van der Waals surface area contributed by atoms with E-state index < -0.39 is 23.3 Å². The first-order valence-corrected chi connectivity index (χ1v) is 7.09. The van der Waals surface area contributed by atoms with Crippen LogP contribution in [0.2, 0.25) is 0 Å². The van der Waals surface area contributed by atoms with Crippen molar-refractivity contribution < 1.29 is 24.2 Å². The van der Waals surface area contributed by atoms with E-state index >= 15 is 0 Å². The Balaban J connectivity index is 1.97. The highest BCUT2D eigenvalue weighted by Crippen LogP contribution is 2.37. The van der Waals surface area contributed by atoms with Gasteiger partial charge >= 0.3 is 12.1 Å². The number of ether oxygens (including phenoxy) is 2. The summed E-state index contributed by atoms with van der Waals surface area (Å²) in [6.45, 7) is 6.46. The molecule has 2 aliphatic rings. The van der Waals surface area contributed by atoms with E-state index in [2.05, 4.69) is 0 Å². The van der Waals surface area contributed by atoms with E-state index in [9.17, 15) is 9.59 Å². The van der Waals surface area contributed by atoms with E-state index in [-0.39, 0.29) is 6.09 Å². The molecular weight excluding hydrogens is 262 g/mol. The zero-order valence-electron chi connectivity index (χ0n) is 12.3. The summed E-state index contributed by atoms with van der Waals surface area (Å²) in [4.78, 5) is 24.7. The van der Waals surface area contributed by atoms with Crippen molar-refractivity contribution in [2.45, 2.75) is 63.8 Å². The van der Waals surface area contributed by atoms with E-state index in [1.807, 2.05) is 20.8 Å². The number of hydrogen-bond donors (Lipinski definition) is 1. The number of carboxylic acid groups (broad SMARTS) is 1. The maximum Gasteiger partial charge on any atom is 0.410 e. The van der Waals surface area contributed by atoms with Gasteiger partial charge in [0.25, 0.3) is 0 Å². The van der Waals surface area contributed by atoms with Crippen LogP contribution in [-0.4, -0.2) is 52.5 Å². The molecule has 2 heterocycles. The predicted octanol–water partition coefficient (Wildman–Crippen LogP) is 2.02. The number of hydrogen-bond acceptors (Lipinski definition) is 4.